The summed E-state index contributed by atoms with van der Waals surface area (Å²) in [4.78, 5) is 52.0. The zero-order chi connectivity index (χ0) is 26.1. The molecule has 8 nitrogen and oxygen atoms in total. The fourth-order valence-electron chi connectivity index (χ4n) is 3.34. The first kappa shape index (κ1) is 27.6. The van der Waals surface area contributed by atoms with E-state index in [0.29, 0.717) is 27.9 Å². The molecule has 11 heteroatoms. The van der Waals surface area contributed by atoms with Crippen LogP contribution in [0.5, 0.6) is 5.75 Å². The summed E-state index contributed by atoms with van der Waals surface area (Å²) >= 11 is 8.50. The molecule has 1 aliphatic rings. The number of amides is 4. The Hall–Kier alpha value is -2.95. The van der Waals surface area contributed by atoms with Crippen molar-refractivity contribution in [2.45, 2.75) is 12.5 Å². The normalized spacial score (nSPS) is 15.2. The standard InChI is InChI=1S/C25H26ClN3O5S2/c1-34-17-9-7-16(8-10-17)15-21-24(32)29(25(33)36-21)13-12-27-23(31)20(11-14-35-2)28-22(30)18-5-3-4-6-19(18)26/h3-10,15,20H,11-14H2,1-2H3,(H,27,31)(H,28,30)/b21-15-. The molecular weight excluding hydrogens is 522 g/mol. The molecule has 1 fully saturated rings. The SMILES string of the molecule is COc1ccc(/C=C2\SC(=O)N(CCNC(=O)C(CCSC)NC(=O)c3ccccc3Cl)C2=O)cc1. The molecule has 2 aromatic carbocycles. The fraction of sp³-hybridized carbons (Fsp3) is 0.280. The van der Waals surface area contributed by atoms with Crippen LogP contribution in [-0.4, -0.2) is 66.1 Å². The lowest BCUT2D eigenvalue weighted by atomic mass is 10.1. The van der Waals surface area contributed by atoms with Crippen molar-refractivity contribution < 1.29 is 23.9 Å². The highest BCUT2D eigenvalue weighted by atomic mass is 35.5. The van der Waals surface area contributed by atoms with Crippen LogP contribution in [0.4, 0.5) is 4.79 Å². The van der Waals surface area contributed by atoms with Crippen LogP contribution in [-0.2, 0) is 9.59 Å². The lowest BCUT2D eigenvalue weighted by molar-refractivity contribution is -0.125. The first-order valence-electron chi connectivity index (χ1n) is 11.1. The van der Waals surface area contributed by atoms with Crippen molar-refractivity contribution in [1.29, 1.82) is 0 Å². The number of thioether (sulfide) groups is 2. The smallest absolute Gasteiger partial charge is 0.293 e. The van der Waals surface area contributed by atoms with E-state index in [-0.39, 0.29) is 18.7 Å². The zero-order valence-corrected chi connectivity index (χ0v) is 22.2. The summed E-state index contributed by atoms with van der Waals surface area (Å²) in [7, 11) is 1.57. The fourth-order valence-corrected chi connectivity index (χ4v) is 4.90. The van der Waals surface area contributed by atoms with Crippen LogP contribution >= 0.6 is 35.1 Å². The second kappa shape index (κ2) is 13.4. The highest BCUT2D eigenvalue weighted by Crippen LogP contribution is 2.32. The lowest BCUT2D eigenvalue weighted by Gasteiger charge is -2.19. The summed E-state index contributed by atoms with van der Waals surface area (Å²) in [6, 6.07) is 12.9. The molecule has 0 aromatic heterocycles. The molecule has 1 aliphatic heterocycles. The van der Waals surface area contributed by atoms with Gasteiger partial charge in [-0.05, 0) is 66.1 Å². The van der Waals surface area contributed by atoms with Gasteiger partial charge in [0.15, 0.2) is 0 Å². The number of imide groups is 1. The lowest BCUT2D eigenvalue weighted by Crippen LogP contribution is -2.48. The van der Waals surface area contributed by atoms with Crippen molar-refractivity contribution in [2.24, 2.45) is 0 Å². The quantitative estimate of drug-likeness (QED) is 0.409. The van der Waals surface area contributed by atoms with Gasteiger partial charge in [0.1, 0.15) is 11.8 Å². The van der Waals surface area contributed by atoms with Crippen LogP contribution in [0.1, 0.15) is 22.3 Å². The number of benzene rings is 2. The van der Waals surface area contributed by atoms with Gasteiger partial charge in [0, 0.05) is 13.1 Å². The maximum Gasteiger partial charge on any atom is 0.293 e. The van der Waals surface area contributed by atoms with Crippen molar-refractivity contribution in [3.05, 3.63) is 69.6 Å². The van der Waals surface area contributed by atoms with Crippen molar-refractivity contribution in [3.8, 4) is 5.75 Å². The Labute approximate surface area is 223 Å². The summed E-state index contributed by atoms with van der Waals surface area (Å²) in [5.41, 5.74) is 1.04. The number of halogens is 1. The van der Waals surface area contributed by atoms with Gasteiger partial charge in [-0.15, -0.1) is 0 Å². The Morgan fingerprint density at radius 2 is 1.89 bits per heavy atom. The maximum atomic E-state index is 12.8. The summed E-state index contributed by atoms with van der Waals surface area (Å²) < 4.78 is 5.13. The Balaban J connectivity index is 1.57. The molecule has 2 aromatic rings. The van der Waals surface area contributed by atoms with Gasteiger partial charge in [0.25, 0.3) is 17.1 Å². The molecule has 1 atom stereocenters. The molecule has 0 aliphatic carbocycles. The van der Waals surface area contributed by atoms with Crippen molar-refractivity contribution in [3.63, 3.8) is 0 Å². The van der Waals surface area contributed by atoms with E-state index in [1.807, 2.05) is 6.26 Å². The van der Waals surface area contributed by atoms with Crippen molar-refractivity contribution in [2.75, 3.05) is 32.2 Å². The summed E-state index contributed by atoms with van der Waals surface area (Å²) in [5.74, 6) is 0.0812. The number of hydrogen-bond donors (Lipinski definition) is 2. The zero-order valence-electron chi connectivity index (χ0n) is 19.8. The molecule has 36 heavy (non-hydrogen) atoms. The predicted molar refractivity (Wildman–Crippen MR) is 144 cm³/mol. The molecule has 0 radical (unpaired) electrons. The second-order valence-corrected chi connectivity index (χ2v) is 10.1. The molecule has 190 valence electrons. The van der Waals surface area contributed by atoms with E-state index in [9.17, 15) is 19.2 Å². The molecule has 0 spiro atoms. The maximum absolute atomic E-state index is 12.8. The summed E-state index contributed by atoms with van der Waals surface area (Å²) in [5, 5.41) is 5.34. The van der Waals surface area contributed by atoms with Crippen LogP contribution < -0.4 is 15.4 Å². The van der Waals surface area contributed by atoms with Gasteiger partial charge in [0.05, 0.1) is 22.6 Å². The Kier molecular flexibility index (Phi) is 10.3. The van der Waals surface area contributed by atoms with Crippen LogP contribution in [0, 0.1) is 0 Å². The number of carbonyl (C=O) groups excluding carboxylic acids is 4. The molecular formula is C25H26ClN3O5S2. The number of hydrogen-bond acceptors (Lipinski definition) is 7. The van der Waals surface area contributed by atoms with E-state index in [2.05, 4.69) is 10.6 Å². The first-order chi connectivity index (χ1) is 17.3. The van der Waals surface area contributed by atoms with Crippen molar-refractivity contribution in [1.82, 2.24) is 15.5 Å². The van der Waals surface area contributed by atoms with Crippen LogP contribution in [0.2, 0.25) is 5.02 Å². The van der Waals surface area contributed by atoms with E-state index in [0.717, 1.165) is 22.2 Å². The van der Waals surface area contributed by atoms with E-state index in [1.54, 1.807) is 73.5 Å². The number of rotatable bonds is 11. The molecule has 4 amide bonds. The minimum atomic E-state index is -0.786. The van der Waals surface area contributed by atoms with Gasteiger partial charge >= 0.3 is 0 Å². The first-order valence-corrected chi connectivity index (χ1v) is 13.6. The van der Waals surface area contributed by atoms with Gasteiger partial charge in [-0.25, -0.2) is 0 Å². The van der Waals surface area contributed by atoms with Gasteiger partial charge in [-0.3, -0.25) is 24.1 Å². The third-order valence-corrected chi connectivity index (χ3v) is 7.15. The highest BCUT2D eigenvalue weighted by Gasteiger charge is 2.35. The van der Waals surface area contributed by atoms with E-state index in [1.165, 1.54) is 0 Å². The molecule has 3 rings (SSSR count). The van der Waals surface area contributed by atoms with Gasteiger partial charge < -0.3 is 15.4 Å². The van der Waals surface area contributed by atoms with E-state index in [4.69, 9.17) is 16.3 Å². The average Bonchev–Trinajstić information content (AvgIpc) is 3.14. The van der Waals surface area contributed by atoms with Crippen LogP contribution in [0.15, 0.2) is 53.4 Å². The molecule has 1 unspecified atom stereocenters. The number of methoxy groups -OCH3 is 1. The van der Waals surface area contributed by atoms with Gasteiger partial charge in [-0.2, -0.15) is 11.8 Å². The van der Waals surface area contributed by atoms with E-state index >= 15 is 0 Å². The third-order valence-electron chi connectivity index (χ3n) is 5.27. The molecule has 1 heterocycles. The third kappa shape index (κ3) is 7.28. The highest BCUT2D eigenvalue weighted by molar-refractivity contribution is 8.18. The number of ether oxygens (including phenoxy) is 1. The topological polar surface area (TPSA) is 105 Å². The summed E-state index contributed by atoms with van der Waals surface area (Å²) in [6.45, 7) is 0.0779. The minimum absolute atomic E-state index is 0.0179. The average molecular weight is 548 g/mol. The number of nitrogens with one attached hydrogen (secondary N) is 2. The van der Waals surface area contributed by atoms with Crippen LogP contribution in [0.25, 0.3) is 6.08 Å². The van der Waals surface area contributed by atoms with Gasteiger partial charge in [-0.1, -0.05) is 35.9 Å². The monoisotopic (exact) mass is 547 g/mol. The minimum Gasteiger partial charge on any atom is -0.497 e. The van der Waals surface area contributed by atoms with Gasteiger partial charge in [0.2, 0.25) is 5.91 Å². The largest absolute Gasteiger partial charge is 0.497 e. The van der Waals surface area contributed by atoms with Crippen LogP contribution in [0.3, 0.4) is 0 Å². The Morgan fingerprint density at radius 3 is 2.56 bits per heavy atom. The molecule has 2 N–H and O–H groups in total. The summed E-state index contributed by atoms with van der Waals surface area (Å²) in [6.07, 6.45) is 3.96. The number of carbonyl (C=O) groups is 4. The Morgan fingerprint density at radius 1 is 1.17 bits per heavy atom. The second-order valence-electron chi connectivity index (χ2n) is 7.68. The van der Waals surface area contributed by atoms with Crippen molar-refractivity contribution >= 4 is 64.2 Å². The molecule has 0 bridgehead atoms. The Bertz CT molecular complexity index is 1160. The molecule has 1 saturated heterocycles. The molecule has 0 saturated carbocycles. The number of nitrogens with zero attached hydrogens (tertiary/aromatic N) is 1. The predicted octanol–water partition coefficient (Wildman–Crippen LogP) is 4.05. The van der Waals surface area contributed by atoms with E-state index < -0.39 is 29.0 Å².